The van der Waals surface area contributed by atoms with Gasteiger partial charge in [0.2, 0.25) is 5.85 Å². The van der Waals surface area contributed by atoms with Crippen LogP contribution >= 0.6 is 19.2 Å². The number of hydrogen-bond acceptors (Lipinski definition) is 6. The van der Waals surface area contributed by atoms with E-state index in [0.717, 1.165) is 32.4 Å². The minimum Gasteiger partial charge on any atom is -0.482 e. The third-order valence-corrected chi connectivity index (χ3v) is 6.05. The van der Waals surface area contributed by atoms with E-state index in [-0.39, 0.29) is 16.3 Å². The first-order valence-electron chi connectivity index (χ1n) is 8.06. The highest BCUT2D eigenvalue weighted by atomic mass is 35.5. The summed E-state index contributed by atoms with van der Waals surface area (Å²) in [5.41, 5.74) is -0.755. The third-order valence-electron chi connectivity index (χ3n) is 3.73. The Morgan fingerprint density at radius 1 is 1.10 bits per heavy atom. The minimum atomic E-state index is -4.56. The Balaban J connectivity index is 2.17. The fourth-order valence-corrected chi connectivity index (χ4v) is 3.96. The van der Waals surface area contributed by atoms with Gasteiger partial charge in [-0.25, -0.2) is 4.79 Å². The summed E-state index contributed by atoms with van der Waals surface area (Å²) in [4.78, 5) is 12.2. The van der Waals surface area contributed by atoms with Crippen LogP contribution in [-0.2, 0) is 29.3 Å². The topological polar surface area (TPSA) is 71.1 Å². The highest BCUT2D eigenvalue weighted by Gasteiger charge is 2.40. The molecule has 0 spiro atoms. The van der Waals surface area contributed by atoms with Crippen LogP contribution in [-0.4, -0.2) is 26.8 Å². The molecule has 1 unspecified atom stereocenters. The van der Waals surface area contributed by atoms with Crippen molar-refractivity contribution in [1.29, 1.82) is 0 Å². The molecule has 11 heteroatoms. The van der Waals surface area contributed by atoms with Crippen LogP contribution in [0.4, 0.5) is 13.2 Å². The Bertz CT molecular complexity index is 897. The van der Waals surface area contributed by atoms with Crippen LogP contribution in [0.25, 0.3) is 0 Å². The van der Waals surface area contributed by atoms with Gasteiger partial charge in [-0.3, -0.25) is 4.57 Å². The van der Waals surface area contributed by atoms with E-state index < -0.39 is 37.8 Å². The first kappa shape index (κ1) is 23.2. The van der Waals surface area contributed by atoms with Gasteiger partial charge in [-0.1, -0.05) is 35.9 Å². The first-order chi connectivity index (χ1) is 13.6. The smallest absolute Gasteiger partial charge is 0.416 e. The normalized spacial score (nSPS) is 13.0. The summed E-state index contributed by atoms with van der Waals surface area (Å²) < 4.78 is 71.2. The average molecular weight is 453 g/mol. The molecule has 0 aliphatic carbocycles. The number of rotatable bonds is 8. The molecule has 0 amide bonds. The number of halogens is 4. The molecular weight excluding hydrogens is 436 g/mol. The molecule has 0 aliphatic rings. The van der Waals surface area contributed by atoms with Crippen molar-refractivity contribution >= 4 is 25.2 Å². The molecule has 0 aliphatic heterocycles. The van der Waals surface area contributed by atoms with Crippen molar-refractivity contribution in [2.75, 3.05) is 20.8 Å². The van der Waals surface area contributed by atoms with Crippen molar-refractivity contribution in [1.82, 2.24) is 0 Å². The zero-order chi connectivity index (χ0) is 21.7. The fourth-order valence-electron chi connectivity index (χ4n) is 2.30. The second kappa shape index (κ2) is 9.63. The van der Waals surface area contributed by atoms with E-state index in [1.54, 1.807) is 12.1 Å². The second-order valence-corrected chi connectivity index (χ2v) is 8.27. The van der Waals surface area contributed by atoms with Gasteiger partial charge in [-0.05, 0) is 24.3 Å². The van der Waals surface area contributed by atoms with Crippen LogP contribution in [0.15, 0.2) is 48.5 Å². The molecule has 2 aromatic rings. The van der Waals surface area contributed by atoms with Crippen molar-refractivity contribution < 1.29 is 41.1 Å². The molecule has 0 saturated heterocycles. The van der Waals surface area contributed by atoms with Gasteiger partial charge in [0, 0.05) is 24.8 Å². The quantitative estimate of drug-likeness (QED) is 0.391. The highest BCUT2D eigenvalue weighted by Crippen LogP contribution is 2.61. The zero-order valence-corrected chi connectivity index (χ0v) is 17.0. The number of ether oxygens (including phenoxy) is 2. The molecule has 0 saturated carbocycles. The lowest BCUT2D eigenvalue weighted by molar-refractivity contribution is -0.149. The standard InChI is InChI=1S/C18H17ClF3O6P/c1-25-29(24,26-2)17(14-8-3-4-9-15(14)19)28-16(23)11-27-13-7-5-6-12(10-13)18(20,21)22/h3-10,17H,11H2,1-2H3. The monoisotopic (exact) mass is 452 g/mol. The summed E-state index contributed by atoms with van der Waals surface area (Å²) in [6.45, 7) is -0.740. The number of carbonyl (C=O) groups excluding carboxylic acids is 1. The van der Waals surface area contributed by atoms with Crippen molar-refractivity contribution in [2.24, 2.45) is 0 Å². The Kier molecular flexibility index (Phi) is 7.71. The lowest BCUT2D eigenvalue weighted by atomic mass is 10.2. The van der Waals surface area contributed by atoms with Gasteiger partial charge in [0.1, 0.15) is 5.75 Å². The summed E-state index contributed by atoms with van der Waals surface area (Å²) in [7, 11) is -1.73. The Morgan fingerprint density at radius 3 is 2.34 bits per heavy atom. The van der Waals surface area contributed by atoms with Gasteiger partial charge in [0.25, 0.3) is 0 Å². The summed E-state index contributed by atoms with van der Waals surface area (Å²) >= 11 is 6.09. The van der Waals surface area contributed by atoms with Crippen LogP contribution in [0, 0.1) is 0 Å². The van der Waals surface area contributed by atoms with Gasteiger partial charge in [-0.15, -0.1) is 0 Å². The lowest BCUT2D eigenvalue weighted by Crippen LogP contribution is -2.19. The van der Waals surface area contributed by atoms with Crippen LogP contribution in [0.1, 0.15) is 17.0 Å². The predicted molar refractivity (Wildman–Crippen MR) is 98.8 cm³/mol. The lowest BCUT2D eigenvalue weighted by Gasteiger charge is -2.25. The van der Waals surface area contributed by atoms with Crippen LogP contribution < -0.4 is 4.74 Å². The first-order valence-corrected chi connectivity index (χ1v) is 10.0. The van der Waals surface area contributed by atoms with Crippen LogP contribution in [0.3, 0.4) is 0 Å². The van der Waals surface area contributed by atoms with E-state index in [1.807, 2.05) is 0 Å². The molecule has 0 heterocycles. The molecule has 0 N–H and O–H groups in total. The predicted octanol–water partition coefficient (Wildman–Crippen LogP) is 5.47. The Labute approximate surface area is 170 Å². The van der Waals surface area contributed by atoms with E-state index in [0.29, 0.717) is 0 Å². The molecule has 0 aromatic heterocycles. The SMILES string of the molecule is COP(=O)(OC)C(OC(=O)COc1cccc(C(F)(F)F)c1)c1ccccc1Cl. The number of benzene rings is 2. The molecule has 158 valence electrons. The molecule has 0 fully saturated rings. The summed E-state index contributed by atoms with van der Waals surface area (Å²) in [6.07, 6.45) is -4.56. The summed E-state index contributed by atoms with van der Waals surface area (Å²) in [5, 5.41) is 0.151. The van der Waals surface area contributed by atoms with Gasteiger partial charge in [-0.2, -0.15) is 13.2 Å². The molecule has 0 bridgehead atoms. The van der Waals surface area contributed by atoms with Crippen LogP contribution in [0.5, 0.6) is 5.75 Å². The molecule has 0 radical (unpaired) electrons. The molecule has 1 atom stereocenters. The van der Waals surface area contributed by atoms with Gasteiger partial charge < -0.3 is 18.5 Å². The van der Waals surface area contributed by atoms with E-state index in [4.69, 9.17) is 30.1 Å². The number of alkyl halides is 3. The van der Waals surface area contributed by atoms with E-state index in [2.05, 4.69) is 0 Å². The molecule has 6 nitrogen and oxygen atoms in total. The van der Waals surface area contributed by atoms with Gasteiger partial charge >= 0.3 is 19.7 Å². The Hall–Kier alpha value is -2.06. The maximum Gasteiger partial charge on any atom is 0.416 e. The number of carbonyl (C=O) groups is 1. The summed E-state index contributed by atoms with van der Waals surface area (Å²) in [6, 6.07) is 10.2. The average Bonchev–Trinajstić information content (AvgIpc) is 2.70. The largest absolute Gasteiger partial charge is 0.482 e. The third kappa shape index (κ3) is 5.96. The van der Waals surface area contributed by atoms with Crippen molar-refractivity contribution in [3.63, 3.8) is 0 Å². The van der Waals surface area contributed by atoms with Gasteiger partial charge in [0.05, 0.1) is 5.56 Å². The summed E-state index contributed by atoms with van der Waals surface area (Å²) in [5.74, 6) is -2.70. The van der Waals surface area contributed by atoms with Crippen molar-refractivity contribution in [3.8, 4) is 5.75 Å². The van der Waals surface area contributed by atoms with Crippen molar-refractivity contribution in [3.05, 3.63) is 64.7 Å². The molecule has 2 rings (SSSR count). The van der Waals surface area contributed by atoms with E-state index in [1.165, 1.54) is 18.2 Å². The van der Waals surface area contributed by atoms with E-state index >= 15 is 0 Å². The van der Waals surface area contributed by atoms with Crippen molar-refractivity contribution in [2.45, 2.75) is 12.0 Å². The second-order valence-electron chi connectivity index (χ2n) is 5.58. The maximum absolute atomic E-state index is 12.8. The fraction of sp³-hybridized carbons (Fsp3) is 0.278. The maximum atomic E-state index is 12.8. The highest BCUT2D eigenvalue weighted by molar-refractivity contribution is 7.54. The van der Waals surface area contributed by atoms with E-state index in [9.17, 15) is 22.5 Å². The molecule has 29 heavy (non-hydrogen) atoms. The minimum absolute atomic E-state index is 0.151. The van der Waals surface area contributed by atoms with Crippen LogP contribution in [0.2, 0.25) is 5.02 Å². The molecule has 2 aromatic carbocycles. The number of esters is 1. The zero-order valence-electron chi connectivity index (χ0n) is 15.3. The van der Waals surface area contributed by atoms with Gasteiger partial charge in [0.15, 0.2) is 6.61 Å². The molecular formula is C18H17ClF3O6P. The number of hydrogen-bond donors (Lipinski definition) is 0. The Morgan fingerprint density at radius 2 is 1.76 bits per heavy atom.